The SMILES string of the molecule is Oc1cccc(Br)c1OCC(F)(F)F. The second-order valence-electron chi connectivity index (χ2n) is 2.49. The van der Waals surface area contributed by atoms with Gasteiger partial charge in [-0.15, -0.1) is 0 Å². The first-order valence-corrected chi connectivity index (χ1v) is 4.36. The molecule has 6 heteroatoms. The molecule has 1 aromatic rings. The molecule has 0 radical (unpaired) electrons. The average molecular weight is 271 g/mol. The summed E-state index contributed by atoms with van der Waals surface area (Å²) in [7, 11) is 0. The van der Waals surface area contributed by atoms with Crippen LogP contribution in [-0.4, -0.2) is 17.9 Å². The van der Waals surface area contributed by atoms with E-state index in [-0.39, 0.29) is 16.0 Å². The normalized spacial score (nSPS) is 11.4. The van der Waals surface area contributed by atoms with E-state index < -0.39 is 12.8 Å². The molecule has 0 aliphatic carbocycles. The zero-order chi connectivity index (χ0) is 10.8. The third-order valence-corrected chi connectivity index (χ3v) is 1.95. The van der Waals surface area contributed by atoms with Crippen molar-refractivity contribution in [2.24, 2.45) is 0 Å². The van der Waals surface area contributed by atoms with Crippen molar-refractivity contribution in [2.45, 2.75) is 6.18 Å². The lowest BCUT2D eigenvalue weighted by atomic mass is 10.3. The van der Waals surface area contributed by atoms with Crippen molar-refractivity contribution >= 4 is 15.9 Å². The number of para-hydroxylation sites is 1. The molecular formula is C8H6BrF3O2. The van der Waals surface area contributed by atoms with Crippen LogP contribution in [0.5, 0.6) is 11.5 Å². The molecule has 1 aromatic carbocycles. The molecule has 0 saturated carbocycles. The van der Waals surface area contributed by atoms with Crippen molar-refractivity contribution in [1.82, 2.24) is 0 Å². The van der Waals surface area contributed by atoms with Crippen LogP contribution in [0.4, 0.5) is 13.2 Å². The number of hydrogen-bond acceptors (Lipinski definition) is 2. The van der Waals surface area contributed by atoms with Gasteiger partial charge in [0, 0.05) is 0 Å². The van der Waals surface area contributed by atoms with E-state index in [0.717, 1.165) is 0 Å². The Morgan fingerprint density at radius 1 is 1.36 bits per heavy atom. The zero-order valence-corrected chi connectivity index (χ0v) is 8.39. The molecule has 0 amide bonds. The quantitative estimate of drug-likeness (QED) is 0.895. The van der Waals surface area contributed by atoms with Crippen molar-refractivity contribution in [3.8, 4) is 11.5 Å². The molecule has 0 saturated heterocycles. The first kappa shape index (κ1) is 11.2. The number of phenols is 1. The predicted octanol–water partition coefficient (Wildman–Crippen LogP) is 3.10. The Hall–Kier alpha value is -0.910. The zero-order valence-electron chi connectivity index (χ0n) is 6.81. The highest BCUT2D eigenvalue weighted by Crippen LogP contribution is 2.34. The second kappa shape index (κ2) is 4.08. The maximum atomic E-state index is 11.8. The van der Waals surface area contributed by atoms with Crippen LogP contribution in [0.3, 0.4) is 0 Å². The van der Waals surface area contributed by atoms with Gasteiger partial charge in [0.15, 0.2) is 18.1 Å². The number of aromatic hydroxyl groups is 1. The van der Waals surface area contributed by atoms with E-state index >= 15 is 0 Å². The van der Waals surface area contributed by atoms with Crippen LogP contribution in [0, 0.1) is 0 Å². The highest BCUT2D eigenvalue weighted by atomic mass is 79.9. The molecular weight excluding hydrogens is 265 g/mol. The summed E-state index contributed by atoms with van der Waals surface area (Å²) < 4.78 is 40.0. The lowest BCUT2D eigenvalue weighted by Gasteiger charge is -2.11. The van der Waals surface area contributed by atoms with E-state index in [9.17, 15) is 13.2 Å². The fraction of sp³-hybridized carbons (Fsp3) is 0.250. The minimum absolute atomic E-state index is 0.204. The van der Waals surface area contributed by atoms with Crippen LogP contribution in [0.25, 0.3) is 0 Å². The lowest BCUT2D eigenvalue weighted by Crippen LogP contribution is -2.19. The summed E-state index contributed by atoms with van der Waals surface area (Å²) in [6.07, 6.45) is -4.41. The molecule has 0 aliphatic heterocycles. The first-order chi connectivity index (χ1) is 6.40. The topological polar surface area (TPSA) is 29.5 Å². The molecule has 0 spiro atoms. The minimum atomic E-state index is -4.41. The maximum absolute atomic E-state index is 11.8. The number of rotatable bonds is 2. The van der Waals surface area contributed by atoms with Gasteiger partial charge in [0.05, 0.1) is 4.47 Å². The van der Waals surface area contributed by atoms with Crippen molar-refractivity contribution in [3.63, 3.8) is 0 Å². The van der Waals surface area contributed by atoms with Crippen molar-refractivity contribution in [2.75, 3.05) is 6.61 Å². The molecule has 0 unspecified atom stereocenters. The monoisotopic (exact) mass is 270 g/mol. The molecule has 0 aromatic heterocycles. The van der Waals surface area contributed by atoms with Gasteiger partial charge < -0.3 is 9.84 Å². The van der Waals surface area contributed by atoms with E-state index in [0.29, 0.717) is 0 Å². The van der Waals surface area contributed by atoms with Crippen LogP contribution in [-0.2, 0) is 0 Å². The third kappa shape index (κ3) is 3.10. The third-order valence-electron chi connectivity index (χ3n) is 1.33. The molecule has 0 heterocycles. The summed E-state index contributed by atoms with van der Waals surface area (Å²) in [5.74, 6) is -0.534. The smallest absolute Gasteiger partial charge is 0.422 e. The van der Waals surface area contributed by atoms with Gasteiger partial charge in [-0.3, -0.25) is 0 Å². The number of ether oxygens (including phenoxy) is 1. The Balaban J connectivity index is 2.77. The Morgan fingerprint density at radius 2 is 2.00 bits per heavy atom. The van der Waals surface area contributed by atoms with Crippen LogP contribution >= 0.6 is 15.9 Å². The lowest BCUT2D eigenvalue weighted by molar-refractivity contribution is -0.153. The van der Waals surface area contributed by atoms with Gasteiger partial charge in [-0.2, -0.15) is 13.2 Å². The fourth-order valence-corrected chi connectivity index (χ4v) is 1.26. The Labute approximate surface area is 86.4 Å². The Morgan fingerprint density at radius 3 is 2.50 bits per heavy atom. The first-order valence-electron chi connectivity index (χ1n) is 3.57. The number of hydrogen-bond donors (Lipinski definition) is 1. The highest BCUT2D eigenvalue weighted by Gasteiger charge is 2.29. The molecule has 1 rings (SSSR count). The van der Waals surface area contributed by atoms with Crippen molar-refractivity contribution in [3.05, 3.63) is 22.7 Å². The van der Waals surface area contributed by atoms with Crippen LogP contribution in [0.2, 0.25) is 0 Å². The predicted molar refractivity (Wildman–Crippen MR) is 47.4 cm³/mol. The molecule has 0 aliphatic rings. The van der Waals surface area contributed by atoms with Gasteiger partial charge >= 0.3 is 6.18 Å². The summed E-state index contributed by atoms with van der Waals surface area (Å²) in [5, 5.41) is 9.17. The second-order valence-corrected chi connectivity index (χ2v) is 3.35. The number of benzene rings is 1. The molecule has 0 bridgehead atoms. The average Bonchev–Trinajstić information content (AvgIpc) is 2.01. The summed E-state index contributed by atoms with van der Waals surface area (Å²) in [6, 6.07) is 4.21. The van der Waals surface area contributed by atoms with Gasteiger partial charge in [0.2, 0.25) is 0 Å². The maximum Gasteiger partial charge on any atom is 0.422 e. The van der Waals surface area contributed by atoms with E-state index in [2.05, 4.69) is 20.7 Å². The van der Waals surface area contributed by atoms with Gasteiger partial charge in [-0.1, -0.05) is 6.07 Å². The molecule has 14 heavy (non-hydrogen) atoms. The Kier molecular flexibility index (Phi) is 3.25. The molecule has 78 valence electrons. The molecule has 2 nitrogen and oxygen atoms in total. The van der Waals surface area contributed by atoms with E-state index in [1.54, 1.807) is 0 Å². The van der Waals surface area contributed by atoms with Crippen LogP contribution in [0.15, 0.2) is 22.7 Å². The Bertz CT molecular complexity index is 305. The van der Waals surface area contributed by atoms with Gasteiger partial charge in [-0.05, 0) is 28.1 Å². The summed E-state index contributed by atoms with van der Waals surface area (Å²) in [5.41, 5.74) is 0. The van der Waals surface area contributed by atoms with Crippen molar-refractivity contribution in [1.29, 1.82) is 0 Å². The van der Waals surface area contributed by atoms with Gasteiger partial charge in [0.25, 0.3) is 0 Å². The standard InChI is InChI=1S/C8H6BrF3O2/c9-5-2-1-3-6(13)7(5)14-4-8(10,11)12/h1-3,13H,4H2. The molecule has 0 atom stereocenters. The fourth-order valence-electron chi connectivity index (χ4n) is 0.794. The number of phenolic OH excluding ortho intramolecular Hbond substituents is 1. The largest absolute Gasteiger partial charge is 0.504 e. The number of alkyl halides is 3. The van der Waals surface area contributed by atoms with E-state index in [1.807, 2.05) is 0 Å². The summed E-state index contributed by atoms with van der Waals surface area (Å²) in [4.78, 5) is 0. The van der Waals surface area contributed by atoms with E-state index in [1.165, 1.54) is 18.2 Å². The van der Waals surface area contributed by atoms with Gasteiger partial charge in [-0.25, -0.2) is 0 Å². The van der Waals surface area contributed by atoms with Crippen molar-refractivity contribution < 1.29 is 23.0 Å². The van der Waals surface area contributed by atoms with E-state index in [4.69, 9.17) is 5.11 Å². The van der Waals surface area contributed by atoms with Crippen LogP contribution in [0.1, 0.15) is 0 Å². The number of halogens is 4. The molecule has 1 N–H and O–H groups in total. The highest BCUT2D eigenvalue weighted by molar-refractivity contribution is 9.10. The molecule has 0 fully saturated rings. The van der Waals surface area contributed by atoms with Gasteiger partial charge in [0.1, 0.15) is 0 Å². The summed E-state index contributed by atoms with van der Waals surface area (Å²) >= 11 is 2.96. The summed E-state index contributed by atoms with van der Waals surface area (Å²) in [6.45, 7) is -1.43. The minimum Gasteiger partial charge on any atom is -0.504 e. The van der Waals surface area contributed by atoms with Crippen LogP contribution < -0.4 is 4.74 Å².